The van der Waals surface area contributed by atoms with Gasteiger partial charge in [-0.25, -0.2) is 14.4 Å². The minimum absolute atomic E-state index is 0.0346. The molecule has 4 rings (SSSR count). The minimum Gasteiger partial charge on any atom is -0.378 e. The van der Waals surface area contributed by atoms with Crippen LogP contribution >= 0.6 is 0 Å². The van der Waals surface area contributed by atoms with Crippen molar-refractivity contribution in [1.29, 1.82) is 0 Å². The molecule has 1 fully saturated rings. The summed E-state index contributed by atoms with van der Waals surface area (Å²) in [5.41, 5.74) is 3.45. The number of amides is 1. The molecule has 0 radical (unpaired) electrons. The van der Waals surface area contributed by atoms with Gasteiger partial charge in [-0.15, -0.1) is 0 Å². The van der Waals surface area contributed by atoms with Gasteiger partial charge in [-0.1, -0.05) is 0 Å². The van der Waals surface area contributed by atoms with E-state index in [4.69, 9.17) is 9.72 Å². The van der Waals surface area contributed by atoms with Crippen molar-refractivity contribution < 1.29 is 13.9 Å². The number of carbonyl (C=O) groups excluding carboxylic acids is 1. The third-order valence-electron chi connectivity index (χ3n) is 5.25. The smallest absolute Gasteiger partial charge is 0.227 e. The Bertz CT molecular complexity index is 852. The molecule has 1 aromatic carbocycles. The van der Waals surface area contributed by atoms with Crippen LogP contribution in [0.5, 0.6) is 0 Å². The highest BCUT2D eigenvalue weighted by molar-refractivity contribution is 5.93. The highest BCUT2D eigenvalue weighted by Crippen LogP contribution is 2.27. The Hall–Kier alpha value is -2.54. The van der Waals surface area contributed by atoms with E-state index in [1.54, 1.807) is 13.0 Å². The van der Waals surface area contributed by atoms with Gasteiger partial charge >= 0.3 is 0 Å². The quantitative estimate of drug-likeness (QED) is 0.899. The molecule has 1 N–H and O–H groups in total. The van der Waals surface area contributed by atoms with Gasteiger partial charge in [0.05, 0.1) is 13.2 Å². The van der Waals surface area contributed by atoms with Crippen molar-refractivity contribution in [3.05, 3.63) is 47.0 Å². The fourth-order valence-corrected chi connectivity index (χ4v) is 3.64. The molecule has 0 unspecified atom stereocenters. The van der Waals surface area contributed by atoms with Crippen LogP contribution in [0.15, 0.2) is 24.4 Å². The first-order chi connectivity index (χ1) is 13.1. The highest BCUT2D eigenvalue weighted by Gasteiger charge is 2.27. The third-order valence-corrected chi connectivity index (χ3v) is 5.25. The summed E-state index contributed by atoms with van der Waals surface area (Å²) in [6.07, 6.45) is 3.99. The first-order valence-corrected chi connectivity index (χ1v) is 9.34. The van der Waals surface area contributed by atoms with Crippen molar-refractivity contribution in [2.75, 3.05) is 36.5 Å². The number of anilines is 2. The van der Waals surface area contributed by atoms with Crippen molar-refractivity contribution >= 4 is 17.5 Å². The second-order valence-corrected chi connectivity index (χ2v) is 7.13. The van der Waals surface area contributed by atoms with E-state index in [1.807, 2.05) is 6.20 Å². The summed E-state index contributed by atoms with van der Waals surface area (Å²) in [7, 11) is 0. The lowest BCUT2D eigenvalue weighted by molar-refractivity contribution is -0.120. The number of carbonyl (C=O) groups is 1. The zero-order valence-electron chi connectivity index (χ0n) is 15.4. The zero-order chi connectivity index (χ0) is 18.8. The molecule has 0 spiro atoms. The molecule has 1 saturated heterocycles. The molecule has 1 amide bonds. The van der Waals surface area contributed by atoms with Crippen molar-refractivity contribution in [1.82, 2.24) is 9.97 Å². The topological polar surface area (TPSA) is 67.4 Å². The maximum atomic E-state index is 13.2. The summed E-state index contributed by atoms with van der Waals surface area (Å²) >= 11 is 0. The Balaban J connectivity index is 1.44. The number of ether oxygens (including phenoxy) is 1. The van der Waals surface area contributed by atoms with Crippen LogP contribution in [0, 0.1) is 18.7 Å². The van der Waals surface area contributed by atoms with Gasteiger partial charge in [0, 0.05) is 36.6 Å². The van der Waals surface area contributed by atoms with E-state index in [9.17, 15) is 9.18 Å². The predicted octanol–water partition coefficient (Wildman–Crippen LogP) is 2.50. The molecule has 142 valence electrons. The van der Waals surface area contributed by atoms with Gasteiger partial charge in [0.2, 0.25) is 11.9 Å². The molecule has 0 bridgehead atoms. The number of rotatable bonds is 3. The van der Waals surface area contributed by atoms with E-state index in [-0.39, 0.29) is 17.6 Å². The summed E-state index contributed by atoms with van der Waals surface area (Å²) in [5.74, 6) is 0.291. The Morgan fingerprint density at radius 2 is 2.15 bits per heavy atom. The fraction of sp³-hybridized carbons (Fsp3) is 0.450. The highest BCUT2D eigenvalue weighted by atomic mass is 19.1. The van der Waals surface area contributed by atoms with Crippen LogP contribution in [0.1, 0.15) is 23.2 Å². The molecule has 2 heterocycles. The summed E-state index contributed by atoms with van der Waals surface area (Å²) in [5, 5.41) is 2.93. The largest absolute Gasteiger partial charge is 0.378 e. The first-order valence-electron chi connectivity index (χ1n) is 9.34. The Morgan fingerprint density at radius 3 is 2.93 bits per heavy atom. The van der Waals surface area contributed by atoms with Gasteiger partial charge < -0.3 is 15.0 Å². The van der Waals surface area contributed by atoms with Crippen LogP contribution in [-0.2, 0) is 22.4 Å². The molecule has 6 nitrogen and oxygen atoms in total. The molecular weight excluding hydrogens is 347 g/mol. The summed E-state index contributed by atoms with van der Waals surface area (Å²) in [4.78, 5) is 24.0. The van der Waals surface area contributed by atoms with Crippen LogP contribution in [0.4, 0.5) is 16.0 Å². The van der Waals surface area contributed by atoms with Crippen LogP contribution in [0.2, 0.25) is 0 Å². The van der Waals surface area contributed by atoms with Crippen LogP contribution in [0.3, 0.4) is 0 Å². The summed E-state index contributed by atoms with van der Waals surface area (Å²) < 4.78 is 18.6. The minimum atomic E-state index is -0.301. The lowest BCUT2D eigenvalue weighted by atomic mass is 9.86. The molecule has 2 aromatic rings. The van der Waals surface area contributed by atoms with Crippen LogP contribution < -0.4 is 10.2 Å². The number of aromatic nitrogens is 2. The van der Waals surface area contributed by atoms with Crippen molar-refractivity contribution in [3.63, 3.8) is 0 Å². The van der Waals surface area contributed by atoms with E-state index >= 15 is 0 Å². The second-order valence-electron chi connectivity index (χ2n) is 7.13. The zero-order valence-corrected chi connectivity index (χ0v) is 15.4. The number of hydrogen-bond donors (Lipinski definition) is 1. The maximum absolute atomic E-state index is 13.2. The fourth-order valence-electron chi connectivity index (χ4n) is 3.64. The molecule has 27 heavy (non-hydrogen) atoms. The Labute approximate surface area is 157 Å². The average molecular weight is 370 g/mol. The van der Waals surface area contributed by atoms with E-state index in [0.29, 0.717) is 25.3 Å². The number of aryl methyl sites for hydroxylation is 2. The van der Waals surface area contributed by atoms with Gasteiger partial charge in [-0.3, -0.25) is 4.79 Å². The van der Waals surface area contributed by atoms with Crippen LogP contribution in [0.25, 0.3) is 0 Å². The van der Waals surface area contributed by atoms with Crippen molar-refractivity contribution in [3.8, 4) is 0 Å². The predicted molar refractivity (Wildman–Crippen MR) is 100 cm³/mol. The average Bonchev–Trinajstić information content (AvgIpc) is 2.70. The van der Waals surface area contributed by atoms with Gasteiger partial charge in [-0.2, -0.15) is 0 Å². The van der Waals surface area contributed by atoms with E-state index in [0.717, 1.165) is 48.7 Å². The molecular formula is C20H23FN4O2. The molecule has 1 aliphatic heterocycles. The summed E-state index contributed by atoms with van der Waals surface area (Å²) in [6, 6.07) is 4.39. The van der Waals surface area contributed by atoms with Crippen LogP contribution in [-0.4, -0.2) is 42.2 Å². The number of nitrogens with one attached hydrogen (secondary N) is 1. The SMILES string of the molecule is Cc1cc(F)ccc1NC(=O)[C@@H]1CCc2nc(N3CCOCC3)ncc2C1. The Kier molecular flexibility index (Phi) is 5.03. The van der Waals surface area contributed by atoms with E-state index < -0.39 is 0 Å². The molecule has 7 heteroatoms. The van der Waals surface area contributed by atoms with Gasteiger partial charge in [0.15, 0.2) is 0 Å². The van der Waals surface area contributed by atoms with E-state index in [2.05, 4.69) is 15.2 Å². The van der Waals surface area contributed by atoms with Gasteiger partial charge in [0.25, 0.3) is 0 Å². The standard InChI is InChI=1S/C20H23FN4O2/c1-13-10-16(21)3-5-17(13)23-19(26)14-2-4-18-15(11-14)12-22-20(24-18)25-6-8-27-9-7-25/h3,5,10,12,14H,2,4,6-9,11H2,1H3,(H,23,26)/t14-/m1/s1. The number of halogens is 1. The van der Waals surface area contributed by atoms with E-state index in [1.165, 1.54) is 12.1 Å². The number of hydrogen-bond acceptors (Lipinski definition) is 5. The second kappa shape index (κ2) is 7.60. The monoisotopic (exact) mass is 370 g/mol. The number of benzene rings is 1. The normalized spacial score (nSPS) is 19.5. The molecule has 1 aromatic heterocycles. The molecule has 1 aliphatic carbocycles. The number of nitrogens with zero attached hydrogens (tertiary/aromatic N) is 3. The Morgan fingerprint density at radius 1 is 1.33 bits per heavy atom. The first kappa shape index (κ1) is 17.9. The molecule has 0 saturated carbocycles. The van der Waals surface area contributed by atoms with Crippen molar-refractivity contribution in [2.24, 2.45) is 5.92 Å². The lowest BCUT2D eigenvalue weighted by Crippen LogP contribution is -2.38. The lowest BCUT2D eigenvalue weighted by Gasteiger charge is -2.28. The summed E-state index contributed by atoms with van der Waals surface area (Å²) in [6.45, 7) is 4.80. The molecule has 2 aliphatic rings. The van der Waals surface area contributed by atoms with Gasteiger partial charge in [0.1, 0.15) is 5.82 Å². The third kappa shape index (κ3) is 3.93. The maximum Gasteiger partial charge on any atom is 0.227 e. The number of morpholine rings is 1. The van der Waals surface area contributed by atoms with Gasteiger partial charge in [-0.05, 0) is 55.5 Å². The van der Waals surface area contributed by atoms with Crippen molar-refractivity contribution in [2.45, 2.75) is 26.2 Å². The molecule has 1 atom stereocenters. The number of fused-ring (bicyclic) bond motifs is 1.